The van der Waals surface area contributed by atoms with Gasteiger partial charge in [-0.1, -0.05) is 18.2 Å². The molecule has 4 heteroatoms. The van der Waals surface area contributed by atoms with Crippen LogP contribution < -0.4 is 10.3 Å². The molecule has 0 radical (unpaired) electrons. The number of hydrazine groups is 1. The van der Waals surface area contributed by atoms with Crippen molar-refractivity contribution in [3.8, 4) is 0 Å². The number of hydrogen-bond donors (Lipinski definition) is 1. The molecule has 1 N–H and O–H groups in total. The fourth-order valence-corrected chi connectivity index (χ4v) is 2.26. The van der Waals surface area contributed by atoms with Crippen LogP contribution in [0.5, 0.6) is 0 Å². The standard InChI is InChI=1S/C12H16N4/c1-2-4-12-11(3-1)9-14-10-15-7-5-13-6-8-16(12)15/h1-4,10,13H,5-9H2. The van der Waals surface area contributed by atoms with Crippen LogP contribution in [0.2, 0.25) is 0 Å². The molecule has 2 aliphatic rings. The smallest absolute Gasteiger partial charge is 0.104 e. The Bertz CT molecular complexity index is 402. The molecular weight excluding hydrogens is 200 g/mol. The summed E-state index contributed by atoms with van der Waals surface area (Å²) in [5, 5.41) is 7.95. The number of nitrogens with one attached hydrogen (secondary N) is 1. The van der Waals surface area contributed by atoms with Gasteiger partial charge in [0.15, 0.2) is 0 Å². The molecule has 0 aliphatic carbocycles. The Morgan fingerprint density at radius 3 is 3.00 bits per heavy atom. The van der Waals surface area contributed by atoms with Gasteiger partial charge in [-0.25, -0.2) is 0 Å². The lowest BCUT2D eigenvalue weighted by Crippen LogP contribution is -2.42. The van der Waals surface area contributed by atoms with Gasteiger partial charge in [-0.3, -0.25) is 15.0 Å². The minimum Gasteiger partial charge on any atom is -0.313 e. The fourth-order valence-electron chi connectivity index (χ4n) is 2.26. The van der Waals surface area contributed by atoms with Gasteiger partial charge in [0.1, 0.15) is 6.34 Å². The Balaban J connectivity index is 2.01. The summed E-state index contributed by atoms with van der Waals surface area (Å²) in [5.41, 5.74) is 2.60. The molecule has 0 saturated carbocycles. The molecule has 1 aromatic carbocycles. The molecule has 1 fully saturated rings. The number of aliphatic imine (C=N–C) groups is 1. The van der Waals surface area contributed by atoms with Gasteiger partial charge < -0.3 is 5.32 Å². The summed E-state index contributed by atoms with van der Waals surface area (Å²) in [6.45, 7) is 4.82. The van der Waals surface area contributed by atoms with E-state index in [1.807, 2.05) is 6.34 Å². The number of benzene rings is 1. The van der Waals surface area contributed by atoms with E-state index in [1.54, 1.807) is 0 Å². The maximum atomic E-state index is 4.47. The van der Waals surface area contributed by atoms with E-state index in [0.717, 1.165) is 32.7 Å². The highest BCUT2D eigenvalue weighted by Gasteiger charge is 2.20. The number of para-hydroxylation sites is 1. The highest BCUT2D eigenvalue weighted by Crippen LogP contribution is 2.24. The third kappa shape index (κ3) is 1.65. The maximum absolute atomic E-state index is 4.47. The van der Waals surface area contributed by atoms with Crippen LogP contribution in [0.4, 0.5) is 5.69 Å². The van der Waals surface area contributed by atoms with E-state index in [2.05, 4.69) is 44.6 Å². The van der Waals surface area contributed by atoms with Crippen molar-refractivity contribution in [2.45, 2.75) is 6.54 Å². The van der Waals surface area contributed by atoms with Gasteiger partial charge in [0.25, 0.3) is 0 Å². The molecule has 0 bridgehead atoms. The Morgan fingerprint density at radius 1 is 1.12 bits per heavy atom. The first-order valence-electron chi connectivity index (χ1n) is 5.78. The zero-order valence-electron chi connectivity index (χ0n) is 9.26. The van der Waals surface area contributed by atoms with Crippen LogP contribution in [0.1, 0.15) is 5.56 Å². The zero-order valence-corrected chi connectivity index (χ0v) is 9.26. The highest BCUT2D eigenvalue weighted by atomic mass is 15.6. The zero-order chi connectivity index (χ0) is 10.8. The van der Waals surface area contributed by atoms with Gasteiger partial charge in [-0.2, -0.15) is 0 Å². The van der Waals surface area contributed by atoms with Crippen LogP contribution in [0.25, 0.3) is 0 Å². The molecule has 16 heavy (non-hydrogen) atoms. The Morgan fingerprint density at radius 2 is 2.00 bits per heavy atom. The van der Waals surface area contributed by atoms with Crippen LogP contribution in [0, 0.1) is 0 Å². The van der Waals surface area contributed by atoms with Gasteiger partial charge in [-0.05, 0) is 11.6 Å². The van der Waals surface area contributed by atoms with Gasteiger partial charge in [0, 0.05) is 13.1 Å². The monoisotopic (exact) mass is 216 g/mol. The minimum absolute atomic E-state index is 0.788. The second-order valence-corrected chi connectivity index (χ2v) is 4.12. The summed E-state index contributed by atoms with van der Waals surface area (Å²) in [4.78, 5) is 4.47. The quantitative estimate of drug-likeness (QED) is 0.697. The largest absolute Gasteiger partial charge is 0.313 e. The summed E-state index contributed by atoms with van der Waals surface area (Å²) in [6.07, 6.45) is 1.97. The molecule has 1 saturated heterocycles. The Hall–Kier alpha value is -1.55. The molecule has 3 rings (SSSR count). The number of fused-ring (bicyclic) bond motifs is 3. The van der Waals surface area contributed by atoms with Crippen LogP contribution >= 0.6 is 0 Å². The highest BCUT2D eigenvalue weighted by molar-refractivity contribution is 5.65. The first-order valence-corrected chi connectivity index (χ1v) is 5.78. The van der Waals surface area contributed by atoms with E-state index in [9.17, 15) is 0 Å². The van der Waals surface area contributed by atoms with E-state index in [4.69, 9.17) is 0 Å². The van der Waals surface area contributed by atoms with Crippen molar-refractivity contribution in [3.63, 3.8) is 0 Å². The van der Waals surface area contributed by atoms with Gasteiger partial charge in [0.05, 0.1) is 25.3 Å². The molecule has 84 valence electrons. The summed E-state index contributed by atoms with van der Waals surface area (Å²) >= 11 is 0. The van der Waals surface area contributed by atoms with Crippen molar-refractivity contribution < 1.29 is 0 Å². The third-order valence-electron chi connectivity index (χ3n) is 3.07. The van der Waals surface area contributed by atoms with Crippen molar-refractivity contribution >= 4 is 12.0 Å². The fraction of sp³-hybridized carbons (Fsp3) is 0.417. The van der Waals surface area contributed by atoms with Crippen molar-refractivity contribution in [1.29, 1.82) is 0 Å². The number of hydrogen-bond acceptors (Lipinski definition) is 4. The van der Waals surface area contributed by atoms with Crippen molar-refractivity contribution in [3.05, 3.63) is 29.8 Å². The van der Waals surface area contributed by atoms with E-state index in [0.29, 0.717) is 0 Å². The molecule has 0 atom stereocenters. The normalized spacial score (nSPS) is 19.8. The third-order valence-corrected chi connectivity index (χ3v) is 3.07. The summed E-state index contributed by atoms with van der Waals surface area (Å²) in [5.74, 6) is 0. The van der Waals surface area contributed by atoms with Crippen molar-refractivity contribution in [1.82, 2.24) is 10.3 Å². The molecule has 0 spiro atoms. The topological polar surface area (TPSA) is 30.9 Å². The average molecular weight is 216 g/mol. The predicted molar refractivity (Wildman–Crippen MR) is 65.6 cm³/mol. The van der Waals surface area contributed by atoms with Gasteiger partial charge in [-0.15, -0.1) is 0 Å². The molecule has 2 aliphatic heterocycles. The van der Waals surface area contributed by atoms with Crippen LogP contribution in [0.15, 0.2) is 29.3 Å². The van der Waals surface area contributed by atoms with Crippen molar-refractivity contribution in [2.24, 2.45) is 4.99 Å². The number of nitrogens with zero attached hydrogens (tertiary/aromatic N) is 3. The summed E-state index contributed by atoms with van der Waals surface area (Å²) in [6, 6.07) is 8.53. The van der Waals surface area contributed by atoms with E-state index >= 15 is 0 Å². The molecule has 0 amide bonds. The summed E-state index contributed by atoms with van der Waals surface area (Å²) < 4.78 is 0. The van der Waals surface area contributed by atoms with E-state index in [1.165, 1.54) is 11.3 Å². The SMILES string of the molecule is C1=NCc2ccccc2N2CCNCCN12. The Labute approximate surface area is 95.5 Å². The van der Waals surface area contributed by atoms with Crippen LogP contribution in [-0.4, -0.2) is 37.5 Å². The predicted octanol–water partition coefficient (Wildman–Crippen LogP) is 0.855. The first kappa shape index (κ1) is 9.66. The van der Waals surface area contributed by atoms with E-state index < -0.39 is 0 Å². The van der Waals surface area contributed by atoms with E-state index in [-0.39, 0.29) is 0 Å². The first-order chi connectivity index (χ1) is 7.95. The van der Waals surface area contributed by atoms with Gasteiger partial charge in [0.2, 0.25) is 0 Å². The lowest BCUT2D eigenvalue weighted by Gasteiger charge is -2.32. The molecule has 1 aromatic rings. The van der Waals surface area contributed by atoms with Crippen molar-refractivity contribution in [2.75, 3.05) is 31.2 Å². The molecule has 0 aromatic heterocycles. The lowest BCUT2D eigenvalue weighted by molar-refractivity contribution is 0.427. The van der Waals surface area contributed by atoms with Gasteiger partial charge >= 0.3 is 0 Å². The second-order valence-electron chi connectivity index (χ2n) is 4.12. The minimum atomic E-state index is 0.788. The Kier molecular flexibility index (Phi) is 2.50. The summed E-state index contributed by atoms with van der Waals surface area (Å²) in [7, 11) is 0. The second kappa shape index (κ2) is 4.14. The molecular formula is C12H16N4. The molecule has 2 heterocycles. The maximum Gasteiger partial charge on any atom is 0.104 e. The molecule has 4 nitrogen and oxygen atoms in total. The molecule has 0 unspecified atom stereocenters. The average Bonchev–Trinajstić information content (AvgIpc) is 2.62. The number of anilines is 1. The van der Waals surface area contributed by atoms with Crippen LogP contribution in [0.3, 0.4) is 0 Å². The lowest BCUT2D eigenvalue weighted by atomic mass is 10.1. The van der Waals surface area contributed by atoms with Crippen LogP contribution in [-0.2, 0) is 6.54 Å². The number of rotatable bonds is 0.